The molecule has 0 bridgehead atoms. The van der Waals surface area contributed by atoms with Gasteiger partial charge < -0.3 is 14.7 Å². The number of benzene rings is 1. The molecule has 94 valence electrons. The van der Waals surface area contributed by atoms with E-state index in [1.54, 1.807) is 7.11 Å². The van der Waals surface area contributed by atoms with Gasteiger partial charge in [0.25, 0.3) is 5.91 Å². The first-order valence-corrected chi connectivity index (χ1v) is 5.70. The fourth-order valence-electron chi connectivity index (χ4n) is 1.91. The lowest BCUT2D eigenvalue weighted by Crippen LogP contribution is -2.27. The zero-order valence-electron chi connectivity index (χ0n) is 10.3. The average Bonchev–Trinajstić information content (AvgIpc) is 2.94. The molecule has 1 fully saturated rings. The van der Waals surface area contributed by atoms with Crippen LogP contribution in [-0.2, 0) is 0 Å². The molecule has 2 rings (SSSR count). The quantitative estimate of drug-likeness (QED) is 0.848. The Labute approximate surface area is 102 Å². The zero-order valence-corrected chi connectivity index (χ0v) is 10.3. The maximum absolute atomic E-state index is 12.1. The van der Waals surface area contributed by atoms with Crippen molar-refractivity contribution in [3.05, 3.63) is 29.8 Å². The van der Waals surface area contributed by atoms with Crippen molar-refractivity contribution in [3.63, 3.8) is 0 Å². The van der Waals surface area contributed by atoms with Crippen LogP contribution in [0.4, 0.5) is 0 Å². The van der Waals surface area contributed by atoms with Crippen LogP contribution >= 0.6 is 0 Å². The molecule has 4 heteroatoms. The molecule has 0 aromatic heterocycles. The van der Waals surface area contributed by atoms with Crippen molar-refractivity contribution in [2.45, 2.75) is 12.8 Å². The Balaban J connectivity index is 0.000000686. The average molecular weight is 237 g/mol. The van der Waals surface area contributed by atoms with Crippen molar-refractivity contribution in [1.29, 1.82) is 0 Å². The highest BCUT2D eigenvalue weighted by molar-refractivity contribution is 5.97. The molecule has 0 aliphatic carbocycles. The molecule has 1 N–H and O–H groups in total. The second kappa shape index (κ2) is 6.91. The fourth-order valence-corrected chi connectivity index (χ4v) is 1.91. The Morgan fingerprint density at radius 3 is 2.41 bits per heavy atom. The summed E-state index contributed by atoms with van der Waals surface area (Å²) in [5, 5.41) is 7.00. The number of amides is 1. The molecule has 0 saturated carbocycles. The zero-order chi connectivity index (χ0) is 12.7. The van der Waals surface area contributed by atoms with Crippen LogP contribution in [0.5, 0.6) is 5.75 Å². The highest BCUT2D eigenvalue weighted by Gasteiger charge is 2.21. The summed E-state index contributed by atoms with van der Waals surface area (Å²) < 4.78 is 5.18. The van der Waals surface area contributed by atoms with E-state index in [2.05, 4.69) is 0 Å². The molecule has 0 atom stereocenters. The predicted octanol–water partition coefficient (Wildman–Crippen LogP) is 1.54. The van der Waals surface area contributed by atoms with Crippen LogP contribution in [-0.4, -0.2) is 43.2 Å². The maximum atomic E-state index is 12.1. The molecule has 0 spiro atoms. The van der Waals surface area contributed by atoms with Gasteiger partial charge in [0, 0.05) is 20.2 Å². The fraction of sp³-hybridized carbons (Fsp3) is 0.462. The van der Waals surface area contributed by atoms with Crippen molar-refractivity contribution in [3.8, 4) is 5.75 Å². The molecule has 1 aromatic carbocycles. The number of carbonyl (C=O) groups excluding carboxylic acids is 1. The van der Waals surface area contributed by atoms with Gasteiger partial charge in [-0.15, -0.1) is 0 Å². The number of hydrogen-bond acceptors (Lipinski definition) is 3. The second-order valence-corrected chi connectivity index (χ2v) is 3.70. The Morgan fingerprint density at radius 2 is 1.82 bits per heavy atom. The first-order valence-electron chi connectivity index (χ1n) is 5.70. The Kier molecular flexibility index (Phi) is 5.49. The van der Waals surface area contributed by atoms with E-state index in [4.69, 9.17) is 9.84 Å². The van der Waals surface area contributed by atoms with Crippen LogP contribution in [0.1, 0.15) is 23.2 Å². The summed E-state index contributed by atoms with van der Waals surface area (Å²) in [6, 6.07) is 7.38. The van der Waals surface area contributed by atoms with E-state index in [-0.39, 0.29) is 5.91 Å². The number of likely N-dealkylation sites (tertiary alicyclic amines) is 1. The molecule has 17 heavy (non-hydrogen) atoms. The third-order valence-corrected chi connectivity index (χ3v) is 2.73. The lowest BCUT2D eigenvalue weighted by Gasteiger charge is -2.16. The van der Waals surface area contributed by atoms with E-state index >= 15 is 0 Å². The van der Waals surface area contributed by atoms with Gasteiger partial charge in [-0.1, -0.05) is 12.1 Å². The lowest BCUT2D eigenvalue weighted by atomic mass is 10.2. The summed E-state index contributed by atoms with van der Waals surface area (Å²) in [5.74, 6) is 0.749. The van der Waals surface area contributed by atoms with E-state index in [1.807, 2.05) is 29.2 Å². The largest absolute Gasteiger partial charge is 0.496 e. The molecule has 1 aromatic rings. The lowest BCUT2D eigenvalue weighted by molar-refractivity contribution is 0.0789. The molecule has 1 aliphatic heterocycles. The number of ether oxygens (including phenoxy) is 1. The van der Waals surface area contributed by atoms with E-state index < -0.39 is 0 Å². The number of nitrogens with zero attached hydrogens (tertiary/aromatic N) is 1. The summed E-state index contributed by atoms with van der Waals surface area (Å²) in [5.41, 5.74) is 0.668. The number of carbonyl (C=O) groups is 1. The summed E-state index contributed by atoms with van der Waals surface area (Å²) in [6.07, 6.45) is 2.22. The van der Waals surface area contributed by atoms with Gasteiger partial charge >= 0.3 is 0 Å². The minimum Gasteiger partial charge on any atom is -0.496 e. The molecule has 1 heterocycles. The molecular weight excluding hydrogens is 218 g/mol. The number of aliphatic hydroxyl groups is 1. The van der Waals surface area contributed by atoms with Crippen molar-refractivity contribution in [2.24, 2.45) is 0 Å². The number of methoxy groups -OCH3 is 1. The van der Waals surface area contributed by atoms with E-state index in [0.29, 0.717) is 11.3 Å². The predicted molar refractivity (Wildman–Crippen MR) is 66.3 cm³/mol. The smallest absolute Gasteiger partial charge is 0.257 e. The van der Waals surface area contributed by atoms with Crippen LogP contribution in [0.2, 0.25) is 0 Å². The first-order chi connectivity index (χ1) is 8.33. The van der Waals surface area contributed by atoms with Gasteiger partial charge in [0.15, 0.2) is 0 Å². The van der Waals surface area contributed by atoms with Gasteiger partial charge in [-0.2, -0.15) is 0 Å². The van der Waals surface area contributed by atoms with Crippen molar-refractivity contribution in [1.82, 2.24) is 4.90 Å². The van der Waals surface area contributed by atoms with Crippen LogP contribution in [0.15, 0.2) is 24.3 Å². The third kappa shape index (κ3) is 3.20. The maximum Gasteiger partial charge on any atom is 0.257 e. The molecule has 0 radical (unpaired) electrons. The van der Waals surface area contributed by atoms with Gasteiger partial charge in [0.05, 0.1) is 12.7 Å². The van der Waals surface area contributed by atoms with Crippen molar-refractivity contribution in [2.75, 3.05) is 27.3 Å². The summed E-state index contributed by atoms with van der Waals surface area (Å²) in [7, 11) is 2.59. The van der Waals surface area contributed by atoms with Gasteiger partial charge in [-0.3, -0.25) is 4.79 Å². The molecular formula is C13H19NO3. The monoisotopic (exact) mass is 237 g/mol. The molecule has 4 nitrogen and oxygen atoms in total. The van der Waals surface area contributed by atoms with E-state index in [9.17, 15) is 4.79 Å². The van der Waals surface area contributed by atoms with Gasteiger partial charge in [0.2, 0.25) is 0 Å². The Morgan fingerprint density at radius 1 is 1.24 bits per heavy atom. The van der Waals surface area contributed by atoms with Crippen LogP contribution in [0.3, 0.4) is 0 Å². The van der Waals surface area contributed by atoms with Gasteiger partial charge in [-0.05, 0) is 25.0 Å². The SMILES string of the molecule is CO.COc1ccccc1C(=O)N1CCCC1. The minimum absolute atomic E-state index is 0.0879. The van der Waals surface area contributed by atoms with Crippen LogP contribution in [0.25, 0.3) is 0 Å². The Hall–Kier alpha value is -1.55. The normalized spacial score (nSPS) is 13.9. The number of rotatable bonds is 2. The molecule has 1 aliphatic rings. The number of hydrogen-bond donors (Lipinski definition) is 1. The van der Waals surface area contributed by atoms with E-state index in [1.165, 1.54) is 0 Å². The number of aliphatic hydroxyl groups excluding tert-OH is 1. The molecule has 1 amide bonds. The highest BCUT2D eigenvalue weighted by atomic mass is 16.5. The van der Waals surface area contributed by atoms with Crippen LogP contribution < -0.4 is 4.74 Å². The van der Waals surface area contributed by atoms with E-state index in [0.717, 1.165) is 33.0 Å². The first kappa shape index (κ1) is 13.5. The summed E-state index contributed by atoms with van der Waals surface area (Å²) in [4.78, 5) is 14.0. The third-order valence-electron chi connectivity index (χ3n) is 2.73. The topological polar surface area (TPSA) is 49.8 Å². The van der Waals surface area contributed by atoms with Gasteiger partial charge in [-0.25, -0.2) is 0 Å². The standard InChI is InChI=1S/C12H15NO2.CH4O/c1-15-11-7-3-2-6-10(11)12(14)13-8-4-5-9-13;1-2/h2-3,6-7H,4-5,8-9H2,1H3;2H,1H3. The summed E-state index contributed by atoms with van der Waals surface area (Å²) >= 11 is 0. The van der Waals surface area contributed by atoms with Crippen LogP contribution in [0, 0.1) is 0 Å². The minimum atomic E-state index is 0.0879. The van der Waals surface area contributed by atoms with Crippen molar-refractivity contribution >= 4 is 5.91 Å². The summed E-state index contributed by atoms with van der Waals surface area (Å²) in [6.45, 7) is 1.74. The van der Waals surface area contributed by atoms with Crippen molar-refractivity contribution < 1.29 is 14.6 Å². The number of para-hydroxylation sites is 1. The highest BCUT2D eigenvalue weighted by Crippen LogP contribution is 2.21. The molecule has 1 saturated heterocycles. The van der Waals surface area contributed by atoms with Gasteiger partial charge in [0.1, 0.15) is 5.75 Å². The second-order valence-electron chi connectivity index (χ2n) is 3.70. The Bertz CT molecular complexity index is 359. The molecule has 0 unspecified atom stereocenters.